The summed E-state index contributed by atoms with van der Waals surface area (Å²) in [6.07, 6.45) is 0. The SMILES string of the molecule is CCNC(=S)N/N=C(/C)c1ccc(N2CCOCC2)c(F)c1. The van der Waals surface area contributed by atoms with Crippen molar-refractivity contribution in [3.8, 4) is 0 Å². The number of hydrogen-bond donors (Lipinski definition) is 2. The van der Waals surface area contributed by atoms with Crippen LogP contribution in [0.25, 0.3) is 0 Å². The Labute approximate surface area is 135 Å². The molecule has 1 heterocycles. The van der Waals surface area contributed by atoms with Crippen molar-refractivity contribution < 1.29 is 9.13 Å². The van der Waals surface area contributed by atoms with Gasteiger partial charge in [-0.2, -0.15) is 5.10 Å². The molecular weight excluding hydrogens is 303 g/mol. The maximum Gasteiger partial charge on any atom is 0.186 e. The molecule has 0 atom stereocenters. The van der Waals surface area contributed by atoms with E-state index >= 15 is 0 Å². The fraction of sp³-hybridized carbons (Fsp3) is 0.467. The Hall–Kier alpha value is -1.73. The Bertz CT molecular complexity index is 558. The lowest BCUT2D eigenvalue weighted by Gasteiger charge is -2.29. The summed E-state index contributed by atoms with van der Waals surface area (Å²) < 4.78 is 19.6. The summed E-state index contributed by atoms with van der Waals surface area (Å²) in [6.45, 7) is 7.17. The number of nitrogens with zero attached hydrogens (tertiary/aromatic N) is 2. The molecule has 0 spiro atoms. The molecule has 0 amide bonds. The zero-order valence-corrected chi connectivity index (χ0v) is 13.7. The second-order valence-corrected chi connectivity index (χ2v) is 5.34. The summed E-state index contributed by atoms with van der Waals surface area (Å²) in [6, 6.07) is 5.16. The minimum Gasteiger partial charge on any atom is -0.378 e. The van der Waals surface area contributed by atoms with Gasteiger partial charge in [-0.1, -0.05) is 6.07 Å². The fourth-order valence-corrected chi connectivity index (χ4v) is 2.38. The molecule has 120 valence electrons. The minimum atomic E-state index is -0.247. The van der Waals surface area contributed by atoms with Gasteiger partial charge in [0.25, 0.3) is 0 Å². The van der Waals surface area contributed by atoms with Gasteiger partial charge in [0.1, 0.15) is 5.82 Å². The van der Waals surface area contributed by atoms with Crippen molar-refractivity contribution >= 4 is 28.7 Å². The summed E-state index contributed by atoms with van der Waals surface area (Å²) in [5, 5.41) is 7.55. The first-order valence-corrected chi connectivity index (χ1v) is 7.73. The minimum absolute atomic E-state index is 0.247. The molecular formula is C15H21FN4OS. The van der Waals surface area contributed by atoms with Gasteiger partial charge >= 0.3 is 0 Å². The van der Waals surface area contributed by atoms with E-state index in [2.05, 4.69) is 15.8 Å². The zero-order chi connectivity index (χ0) is 15.9. The van der Waals surface area contributed by atoms with Crippen LogP contribution < -0.4 is 15.6 Å². The van der Waals surface area contributed by atoms with Gasteiger partial charge in [0.2, 0.25) is 0 Å². The number of thiocarbonyl (C=S) groups is 1. The van der Waals surface area contributed by atoms with Crippen LogP contribution in [0.3, 0.4) is 0 Å². The number of hydrazone groups is 1. The van der Waals surface area contributed by atoms with E-state index in [1.165, 1.54) is 6.07 Å². The molecule has 5 nitrogen and oxygen atoms in total. The Morgan fingerprint density at radius 1 is 1.41 bits per heavy atom. The van der Waals surface area contributed by atoms with E-state index in [9.17, 15) is 4.39 Å². The van der Waals surface area contributed by atoms with Crippen LogP contribution in [-0.4, -0.2) is 43.7 Å². The highest BCUT2D eigenvalue weighted by Gasteiger charge is 2.15. The molecule has 2 N–H and O–H groups in total. The molecule has 0 radical (unpaired) electrons. The molecule has 1 aromatic carbocycles. The van der Waals surface area contributed by atoms with Crippen molar-refractivity contribution in [2.75, 3.05) is 37.7 Å². The first kappa shape index (κ1) is 16.6. The van der Waals surface area contributed by atoms with Gasteiger partial charge in [-0.25, -0.2) is 4.39 Å². The third-order valence-corrected chi connectivity index (χ3v) is 3.62. The third kappa shape index (κ3) is 4.38. The largest absolute Gasteiger partial charge is 0.378 e. The van der Waals surface area contributed by atoms with Crippen LogP contribution in [0, 0.1) is 5.82 Å². The summed E-state index contributed by atoms with van der Waals surface area (Å²) in [5.41, 5.74) is 4.74. The lowest BCUT2D eigenvalue weighted by atomic mass is 10.1. The number of rotatable bonds is 4. The number of hydrogen-bond acceptors (Lipinski definition) is 4. The molecule has 1 aliphatic rings. The second-order valence-electron chi connectivity index (χ2n) is 4.93. The van der Waals surface area contributed by atoms with Crippen LogP contribution in [0.2, 0.25) is 0 Å². The fourth-order valence-electron chi connectivity index (χ4n) is 2.19. The standard InChI is InChI=1S/C15H21FN4OS/c1-3-17-15(22)19-18-11(2)12-4-5-14(13(16)10-12)20-6-8-21-9-7-20/h4-5,10H,3,6-9H2,1-2H3,(H2,17,19,22)/b18-11-. The average Bonchev–Trinajstić information content (AvgIpc) is 2.53. The van der Waals surface area contributed by atoms with Crippen LogP contribution >= 0.6 is 12.2 Å². The van der Waals surface area contributed by atoms with E-state index in [4.69, 9.17) is 17.0 Å². The molecule has 1 aliphatic heterocycles. The van der Waals surface area contributed by atoms with Gasteiger partial charge < -0.3 is 15.0 Å². The molecule has 0 aliphatic carbocycles. The number of benzene rings is 1. The quantitative estimate of drug-likeness (QED) is 0.503. The van der Waals surface area contributed by atoms with E-state index in [1.807, 2.05) is 24.8 Å². The van der Waals surface area contributed by atoms with Crippen molar-refractivity contribution in [2.24, 2.45) is 5.10 Å². The molecule has 2 rings (SSSR count). The van der Waals surface area contributed by atoms with Crippen LogP contribution in [0.1, 0.15) is 19.4 Å². The summed E-state index contributed by atoms with van der Waals surface area (Å²) in [7, 11) is 0. The maximum atomic E-state index is 14.3. The van der Waals surface area contributed by atoms with E-state index in [0.717, 1.165) is 12.1 Å². The highest BCUT2D eigenvalue weighted by molar-refractivity contribution is 7.80. The summed E-state index contributed by atoms with van der Waals surface area (Å²) in [5.74, 6) is -0.247. The first-order valence-electron chi connectivity index (χ1n) is 7.32. The zero-order valence-electron chi connectivity index (χ0n) is 12.9. The number of morpholine rings is 1. The maximum absolute atomic E-state index is 14.3. The average molecular weight is 324 g/mol. The predicted octanol–water partition coefficient (Wildman–Crippen LogP) is 1.87. The predicted molar refractivity (Wildman–Crippen MR) is 91.1 cm³/mol. The highest BCUT2D eigenvalue weighted by Crippen LogP contribution is 2.21. The van der Waals surface area contributed by atoms with Gasteiger partial charge in [-0.05, 0) is 38.2 Å². The van der Waals surface area contributed by atoms with Crippen LogP contribution in [0.4, 0.5) is 10.1 Å². The molecule has 1 saturated heterocycles. The van der Waals surface area contributed by atoms with Gasteiger partial charge in [0.05, 0.1) is 24.6 Å². The van der Waals surface area contributed by atoms with Gasteiger partial charge in [-0.3, -0.25) is 5.43 Å². The molecule has 22 heavy (non-hydrogen) atoms. The van der Waals surface area contributed by atoms with Crippen molar-refractivity contribution in [3.05, 3.63) is 29.6 Å². The van der Waals surface area contributed by atoms with Crippen molar-refractivity contribution in [2.45, 2.75) is 13.8 Å². The number of anilines is 1. The Kier molecular flexibility index (Phi) is 6.09. The molecule has 7 heteroatoms. The lowest BCUT2D eigenvalue weighted by molar-refractivity contribution is 0.122. The molecule has 0 saturated carbocycles. The third-order valence-electron chi connectivity index (χ3n) is 3.38. The van der Waals surface area contributed by atoms with E-state index in [-0.39, 0.29) is 5.82 Å². The van der Waals surface area contributed by atoms with Gasteiger partial charge in [0, 0.05) is 25.2 Å². The Morgan fingerprint density at radius 2 is 2.14 bits per heavy atom. The first-order chi connectivity index (χ1) is 10.6. The monoisotopic (exact) mass is 324 g/mol. The molecule has 0 aromatic heterocycles. The molecule has 1 aromatic rings. The molecule has 0 bridgehead atoms. The topological polar surface area (TPSA) is 48.9 Å². The van der Waals surface area contributed by atoms with E-state index in [0.29, 0.717) is 42.8 Å². The molecule has 1 fully saturated rings. The summed E-state index contributed by atoms with van der Waals surface area (Å²) >= 11 is 5.03. The Balaban J connectivity index is 2.07. The second kappa shape index (κ2) is 8.05. The smallest absolute Gasteiger partial charge is 0.186 e. The normalized spacial score (nSPS) is 15.6. The van der Waals surface area contributed by atoms with Crippen LogP contribution in [-0.2, 0) is 4.74 Å². The molecule has 0 unspecified atom stereocenters. The van der Waals surface area contributed by atoms with Crippen molar-refractivity contribution in [1.82, 2.24) is 10.7 Å². The number of ether oxygens (including phenoxy) is 1. The highest BCUT2D eigenvalue weighted by atomic mass is 32.1. The van der Waals surface area contributed by atoms with E-state index in [1.54, 1.807) is 6.07 Å². The van der Waals surface area contributed by atoms with Crippen molar-refractivity contribution in [1.29, 1.82) is 0 Å². The van der Waals surface area contributed by atoms with Gasteiger partial charge in [-0.15, -0.1) is 0 Å². The number of halogens is 1. The lowest BCUT2D eigenvalue weighted by Crippen LogP contribution is -2.36. The van der Waals surface area contributed by atoms with Crippen LogP contribution in [0.5, 0.6) is 0 Å². The van der Waals surface area contributed by atoms with Crippen molar-refractivity contribution in [3.63, 3.8) is 0 Å². The Morgan fingerprint density at radius 3 is 2.77 bits per heavy atom. The van der Waals surface area contributed by atoms with Gasteiger partial charge in [0.15, 0.2) is 5.11 Å². The summed E-state index contributed by atoms with van der Waals surface area (Å²) in [4.78, 5) is 1.99. The number of nitrogens with one attached hydrogen (secondary N) is 2. The van der Waals surface area contributed by atoms with E-state index < -0.39 is 0 Å². The van der Waals surface area contributed by atoms with Crippen LogP contribution in [0.15, 0.2) is 23.3 Å².